The van der Waals surface area contributed by atoms with E-state index in [0.29, 0.717) is 0 Å². The van der Waals surface area contributed by atoms with Gasteiger partial charge in [-0.05, 0) is 53.8 Å². The third-order valence-electron chi connectivity index (χ3n) is 4.28. The van der Waals surface area contributed by atoms with Crippen LogP contribution >= 0.6 is 0 Å². The number of nitrogens with zero attached hydrogens (tertiary/aromatic N) is 1. The number of allylic oxidation sites excluding steroid dienone is 3. The van der Waals surface area contributed by atoms with Gasteiger partial charge in [-0.15, -0.1) is 0 Å². The fourth-order valence-corrected chi connectivity index (χ4v) is 3.16. The van der Waals surface area contributed by atoms with Crippen LogP contribution in [0.3, 0.4) is 0 Å². The molecule has 0 radical (unpaired) electrons. The van der Waals surface area contributed by atoms with E-state index in [4.69, 9.17) is 5.73 Å². The summed E-state index contributed by atoms with van der Waals surface area (Å²) in [4.78, 5) is 4.55. The van der Waals surface area contributed by atoms with Crippen LogP contribution in [0.4, 0.5) is 0 Å². The van der Waals surface area contributed by atoms with Crippen molar-refractivity contribution in [2.24, 2.45) is 10.7 Å². The van der Waals surface area contributed by atoms with Gasteiger partial charge in [-0.1, -0.05) is 18.2 Å². The van der Waals surface area contributed by atoms with E-state index >= 15 is 0 Å². The van der Waals surface area contributed by atoms with Crippen LogP contribution in [0, 0.1) is 0 Å². The summed E-state index contributed by atoms with van der Waals surface area (Å²) in [6, 6.07) is 6.72. The lowest BCUT2D eigenvalue weighted by Gasteiger charge is -2.25. The molecule has 0 amide bonds. The fourth-order valence-electron chi connectivity index (χ4n) is 3.16. The molecule has 0 bridgehead atoms. The van der Waals surface area contributed by atoms with Gasteiger partial charge in [0.1, 0.15) is 0 Å². The maximum Gasteiger partial charge on any atom is 0.0895 e. The highest BCUT2D eigenvalue weighted by Crippen LogP contribution is 2.32. The van der Waals surface area contributed by atoms with Crippen LogP contribution in [-0.2, 0) is 6.42 Å². The minimum absolute atomic E-state index is 0.0693. The standard InChI is InChI=1S/C18H17N3/c1-11-2-3-12-4-5-13(8-15(11)12)16-9-14(19)10-17-18(16)21-7-6-20-17/h2,4-10,17,20H,3,19H2,1H3. The Morgan fingerprint density at radius 3 is 3.14 bits per heavy atom. The number of rotatable bonds is 1. The van der Waals surface area contributed by atoms with Gasteiger partial charge in [-0.25, -0.2) is 0 Å². The van der Waals surface area contributed by atoms with Gasteiger partial charge in [0.15, 0.2) is 0 Å². The minimum atomic E-state index is 0.0693. The van der Waals surface area contributed by atoms with Crippen molar-refractivity contribution < 1.29 is 0 Å². The molecule has 1 aromatic rings. The van der Waals surface area contributed by atoms with Crippen LogP contribution in [0.25, 0.3) is 11.1 Å². The Kier molecular flexibility index (Phi) is 2.61. The first kappa shape index (κ1) is 12.2. The smallest absolute Gasteiger partial charge is 0.0895 e. The summed E-state index contributed by atoms with van der Waals surface area (Å²) in [5.41, 5.74) is 14.3. The fraction of sp³-hybridized carbons (Fsp3) is 0.167. The van der Waals surface area contributed by atoms with Crippen molar-refractivity contribution in [2.45, 2.75) is 19.4 Å². The van der Waals surface area contributed by atoms with Crippen LogP contribution in [-0.4, -0.2) is 11.8 Å². The van der Waals surface area contributed by atoms with E-state index in [-0.39, 0.29) is 6.04 Å². The zero-order valence-corrected chi connectivity index (χ0v) is 11.9. The summed E-state index contributed by atoms with van der Waals surface area (Å²) in [7, 11) is 0. The Hall–Kier alpha value is -2.55. The van der Waals surface area contributed by atoms with Crippen molar-refractivity contribution in [3.05, 3.63) is 71.2 Å². The summed E-state index contributed by atoms with van der Waals surface area (Å²) in [5.74, 6) is 0. The van der Waals surface area contributed by atoms with Crippen molar-refractivity contribution in [1.29, 1.82) is 0 Å². The second-order valence-electron chi connectivity index (χ2n) is 5.66. The Bertz CT molecular complexity index is 776. The lowest BCUT2D eigenvalue weighted by atomic mass is 9.88. The Morgan fingerprint density at radius 1 is 1.33 bits per heavy atom. The van der Waals surface area contributed by atoms with Crippen molar-refractivity contribution in [2.75, 3.05) is 0 Å². The molecular weight excluding hydrogens is 258 g/mol. The molecule has 4 rings (SSSR count). The predicted molar refractivity (Wildman–Crippen MR) is 87.5 cm³/mol. The average molecular weight is 275 g/mol. The van der Waals surface area contributed by atoms with E-state index < -0.39 is 0 Å². The highest BCUT2D eigenvalue weighted by Gasteiger charge is 2.24. The highest BCUT2D eigenvalue weighted by molar-refractivity contribution is 6.28. The first-order valence-electron chi connectivity index (χ1n) is 7.21. The molecule has 0 saturated carbocycles. The van der Waals surface area contributed by atoms with E-state index in [1.54, 1.807) is 6.20 Å². The minimum Gasteiger partial charge on any atom is -0.399 e. The number of benzene rings is 1. The molecule has 0 saturated heterocycles. The number of hydrogen-bond donors (Lipinski definition) is 2. The predicted octanol–water partition coefficient (Wildman–Crippen LogP) is 2.77. The number of nitrogens with two attached hydrogens (primary N) is 1. The van der Waals surface area contributed by atoms with Gasteiger partial charge in [-0.2, -0.15) is 0 Å². The Labute approximate surface area is 124 Å². The molecule has 3 N–H and O–H groups in total. The number of hydrogen-bond acceptors (Lipinski definition) is 3. The Morgan fingerprint density at radius 2 is 2.24 bits per heavy atom. The van der Waals surface area contributed by atoms with Crippen molar-refractivity contribution in [3.63, 3.8) is 0 Å². The van der Waals surface area contributed by atoms with Gasteiger partial charge in [0.05, 0.1) is 11.8 Å². The molecule has 0 fully saturated rings. The summed E-state index contributed by atoms with van der Waals surface area (Å²) in [6.45, 7) is 2.17. The summed E-state index contributed by atoms with van der Waals surface area (Å²) >= 11 is 0. The van der Waals surface area contributed by atoms with Crippen LogP contribution in [0.5, 0.6) is 0 Å². The van der Waals surface area contributed by atoms with Crippen molar-refractivity contribution in [1.82, 2.24) is 5.32 Å². The molecule has 1 atom stereocenters. The van der Waals surface area contributed by atoms with Gasteiger partial charge >= 0.3 is 0 Å². The summed E-state index contributed by atoms with van der Waals surface area (Å²) in [6.07, 6.45) is 11.0. The van der Waals surface area contributed by atoms with Crippen molar-refractivity contribution in [3.8, 4) is 0 Å². The van der Waals surface area contributed by atoms with E-state index in [9.17, 15) is 0 Å². The molecule has 1 aromatic carbocycles. The molecule has 1 aliphatic heterocycles. The third-order valence-corrected chi connectivity index (χ3v) is 4.28. The van der Waals surface area contributed by atoms with Gasteiger partial charge in [0, 0.05) is 23.7 Å². The summed E-state index contributed by atoms with van der Waals surface area (Å²) < 4.78 is 0. The quantitative estimate of drug-likeness (QED) is 0.828. The molecule has 1 heterocycles. The van der Waals surface area contributed by atoms with E-state index in [2.05, 4.69) is 41.5 Å². The van der Waals surface area contributed by atoms with Crippen LogP contribution in [0.1, 0.15) is 23.6 Å². The molecule has 3 aliphatic rings. The summed E-state index contributed by atoms with van der Waals surface area (Å²) in [5, 5.41) is 3.29. The van der Waals surface area contributed by atoms with Gasteiger partial charge in [-0.3, -0.25) is 4.99 Å². The zero-order chi connectivity index (χ0) is 14.4. The van der Waals surface area contributed by atoms with Crippen molar-refractivity contribution >= 4 is 16.9 Å². The third kappa shape index (κ3) is 1.93. The normalized spacial score (nSPS) is 22.4. The number of fused-ring (bicyclic) bond motifs is 2. The second kappa shape index (κ2) is 4.48. The van der Waals surface area contributed by atoms with Gasteiger partial charge in [0.2, 0.25) is 0 Å². The van der Waals surface area contributed by atoms with Gasteiger partial charge in [0.25, 0.3) is 0 Å². The lowest BCUT2D eigenvalue weighted by molar-refractivity contribution is 0.851. The molecule has 0 aromatic heterocycles. The molecule has 3 heteroatoms. The Balaban J connectivity index is 1.84. The SMILES string of the molecule is CC1=CCc2ccc(C3=CC(N)=CC4NC=CN=C34)cc21. The van der Waals surface area contributed by atoms with Gasteiger partial charge < -0.3 is 11.1 Å². The molecule has 21 heavy (non-hydrogen) atoms. The first-order chi connectivity index (χ1) is 10.2. The lowest BCUT2D eigenvalue weighted by Crippen LogP contribution is -2.37. The zero-order valence-electron chi connectivity index (χ0n) is 11.9. The largest absolute Gasteiger partial charge is 0.399 e. The first-order valence-corrected chi connectivity index (χ1v) is 7.21. The maximum atomic E-state index is 6.06. The van der Waals surface area contributed by atoms with E-state index in [0.717, 1.165) is 23.4 Å². The number of nitrogens with one attached hydrogen (secondary N) is 1. The molecule has 2 aliphatic carbocycles. The maximum absolute atomic E-state index is 6.06. The molecular formula is C18H17N3. The molecule has 1 unspecified atom stereocenters. The highest BCUT2D eigenvalue weighted by atomic mass is 15.0. The monoisotopic (exact) mass is 275 g/mol. The molecule has 0 spiro atoms. The second-order valence-corrected chi connectivity index (χ2v) is 5.66. The molecule has 3 nitrogen and oxygen atoms in total. The topological polar surface area (TPSA) is 50.4 Å². The average Bonchev–Trinajstić information content (AvgIpc) is 2.87. The van der Waals surface area contributed by atoms with E-state index in [1.165, 1.54) is 22.3 Å². The van der Waals surface area contributed by atoms with E-state index in [1.807, 2.05) is 18.4 Å². The van der Waals surface area contributed by atoms with Crippen LogP contribution in [0.15, 0.2) is 59.5 Å². The van der Waals surface area contributed by atoms with Crippen LogP contribution < -0.4 is 11.1 Å². The van der Waals surface area contributed by atoms with Crippen LogP contribution in [0.2, 0.25) is 0 Å². The number of aliphatic imine (C=N–C) groups is 1. The molecule has 104 valence electrons.